The molecule has 0 radical (unpaired) electrons. The average molecular weight is 230 g/mol. The topological polar surface area (TPSA) is 52.9 Å². The number of nitrogens with zero attached hydrogens (tertiary/aromatic N) is 1. The van der Waals surface area contributed by atoms with E-state index in [1.54, 1.807) is 0 Å². The van der Waals surface area contributed by atoms with Gasteiger partial charge in [-0.2, -0.15) is 5.26 Å². The van der Waals surface area contributed by atoms with Gasteiger partial charge < -0.3 is 5.32 Å². The fraction of sp³-hybridized carbons (Fsp3) is 0.429. The molecule has 0 aliphatic carbocycles. The van der Waals surface area contributed by atoms with Gasteiger partial charge in [-0.1, -0.05) is 24.1 Å². The third kappa shape index (κ3) is 3.92. The zero-order chi connectivity index (χ0) is 12.8. The summed E-state index contributed by atoms with van der Waals surface area (Å²) >= 11 is 0. The SMILES string of the molecule is CCC(CC#N)NC(=O)c1cc(C)cc(C)c1. The summed E-state index contributed by atoms with van der Waals surface area (Å²) in [5, 5.41) is 11.5. The van der Waals surface area contributed by atoms with Crippen LogP contribution in [0.4, 0.5) is 0 Å². The van der Waals surface area contributed by atoms with Gasteiger partial charge in [0.25, 0.3) is 5.91 Å². The minimum Gasteiger partial charge on any atom is -0.348 e. The minimum absolute atomic E-state index is 0.0617. The summed E-state index contributed by atoms with van der Waals surface area (Å²) in [6, 6.07) is 7.78. The summed E-state index contributed by atoms with van der Waals surface area (Å²) in [5.41, 5.74) is 2.81. The molecular formula is C14H18N2O. The van der Waals surface area contributed by atoms with Gasteiger partial charge in [0.05, 0.1) is 12.5 Å². The lowest BCUT2D eigenvalue weighted by atomic mass is 10.1. The highest BCUT2D eigenvalue weighted by molar-refractivity contribution is 5.94. The molecule has 90 valence electrons. The molecule has 1 aromatic rings. The average Bonchev–Trinajstić information content (AvgIpc) is 2.27. The van der Waals surface area contributed by atoms with Gasteiger partial charge in [-0.05, 0) is 32.4 Å². The Hall–Kier alpha value is -1.82. The third-order valence-electron chi connectivity index (χ3n) is 2.65. The summed E-state index contributed by atoms with van der Waals surface area (Å²) in [6.45, 7) is 5.90. The second kappa shape index (κ2) is 6.05. The first-order chi connectivity index (χ1) is 8.06. The molecule has 0 bridgehead atoms. The molecule has 1 aromatic carbocycles. The van der Waals surface area contributed by atoms with Crippen LogP contribution in [0.2, 0.25) is 0 Å². The lowest BCUT2D eigenvalue weighted by Crippen LogP contribution is -2.34. The Morgan fingerprint density at radius 3 is 2.41 bits per heavy atom. The van der Waals surface area contributed by atoms with Crippen molar-refractivity contribution in [3.8, 4) is 6.07 Å². The smallest absolute Gasteiger partial charge is 0.251 e. The molecule has 1 atom stereocenters. The highest BCUT2D eigenvalue weighted by Gasteiger charge is 2.12. The van der Waals surface area contributed by atoms with Crippen molar-refractivity contribution in [2.75, 3.05) is 0 Å². The lowest BCUT2D eigenvalue weighted by Gasteiger charge is -2.14. The Labute approximate surface area is 102 Å². The van der Waals surface area contributed by atoms with E-state index in [0.717, 1.165) is 17.5 Å². The molecule has 1 rings (SSSR count). The van der Waals surface area contributed by atoms with E-state index in [1.807, 2.05) is 39.0 Å². The number of rotatable bonds is 4. The Kier molecular flexibility index (Phi) is 4.71. The van der Waals surface area contributed by atoms with E-state index in [2.05, 4.69) is 11.4 Å². The predicted octanol–water partition coefficient (Wildman–Crippen LogP) is 2.73. The van der Waals surface area contributed by atoms with Crippen molar-refractivity contribution in [2.45, 2.75) is 39.7 Å². The Morgan fingerprint density at radius 2 is 1.94 bits per heavy atom. The van der Waals surface area contributed by atoms with E-state index >= 15 is 0 Å². The number of carbonyl (C=O) groups excluding carboxylic acids is 1. The summed E-state index contributed by atoms with van der Waals surface area (Å²) in [4.78, 5) is 12.0. The van der Waals surface area contributed by atoms with Gasteiger partial charge in [0.15, 0.2) is 0 Å². The Morgan fingerprint density at radius 1 is 1.35 bits per heavy atom. The number of hydrogen-bond donors (Lipinski definition) is 1. The highest BCUT2D eigenvalue weighted by Crippen LogP contribution is 2.09. The van der Waals surface area contributed by atoms with Crippen LogP contribution in [-0.2, 0) is 0 Å². The van der Waals surface area contributed by atoms with Gasteiger partial charge in [-0.15, -0.1) is 0 Å². The fourth-order valence-corrected chi connectivity index (χ4v) is 1.78. The van der Waals surface area contributed by atoms with Crippen molar-refractivity contribution in [3.05, 3.63) is 34.9 Å². The van der Waals surface area contributed by atoms with Crippen LogP contribution >= 0.6 is 0 Å². The second-order valence-electron chi connectivity index (χ2n) is 4.32. The molecule has 1 N–H and O–H groups in total. The Bertz CT molecular complexity index is 426. The van der Waals surface area contributed by atoms with Gasteiger partial charge in [0.2, 0.25) is 0 Å². The molecule has 0 aliphatic heterocycles. The van der Waals surface area contributed by atoms with E-state index in [9.17, 15) is 4.79 Å². The molecule has 0 spiro atoms. The standard InChI is InChI=1S/C14H18N2O/c1-4-13(5-6-15)16-14(17)12-8-10(2)7-11(3)9-12/h7-9,13H,4-5H2,1-3H3,(H,16,17). The number of hydrogen-bond acceptors (Lipinski definition) is 2. The molecule has 0 saturated heterocycles. The van der Waals surface area contributed by atoms with Crippen LogP contribution in [0, 0.1) is 25.2 Å². The summed E-state index contributed by atoms with van der Waals surface area (Å²) in [6.07, 6.45) is 1.12. The van der Waals surface area contributed by atoms with Crippen molar-refractivity contribution in [1.29, 1.82) is 5.26 Å². The molecule has 1 amide bonds. The van der Waals surface area contributed by atoms with E-state index in [4.69, 9.17) is 5.26 Å². The predicted molar refractivity (Wildman–Crippen MR) is 67.7 cm³/mol. The van der Waals surface area contributed by atoms with Crippen molar-refractivity contribution < 1.29 is 4.79 Å². The largest absolute Gasteiger partial charge is 0.348 e. The summed E-state index contributed by atoms with van der Waals surface area (Å²) < 4.78 is 0. The molecule has 3 nitrogen and oxygen atoms in total. The van der Waals surface area contributed by atoms with E-state index in [-0.39, 0.29) is 11.9 Å². The maximum atomic E-state index is 12.0. The first-order valence-corrected chi connectivity index (χ1v) is 5.83. The van der Waals surface area contributed by atoms with Crippen LogP contribution in [0.15, 0.2) is 18.2 Å². The number of benzene rings is 1. The monoisotopic (exact) mass is 230 g/mol. The quantitative estimate of drug-likeness (QED) is 0.864. The molecule has 0 fully saturated rings. The van der Waals surface area contributed by atoms with Crippen LogP contribution in [0.1, 0.15) is 41.3 Å². The molecule has 0 heterocycles. The maximum absolute atomic E-state index is 12.0. The highest BCUT2D eigenvalue weighted by atomic mass is 16.1. The van der Waals surface area contributed by atoms with Crippen molar-refractivity contribution in [3.63, 3.8) is 0 Å². The van der Waals surface area contributed by atoms with Gasteiger partial charge in [-0.25, -0.2) is 0 Å². The lowest BCUT2D eigenvalue weighted by molar-refractivity contribution is 0.0936. The van der Waals surface area contributed by atoms with E-state index in [1.165, 1.54) is 0 Å². The molecule has 0 aromatic heterocycles. The number of amides is 1. The van der Waals surface area contributed by atoms with Gasteiger partial charge in [-0.3, -0.25) is 4.79 Å². The number of carbonyl (C=O) groups is 1. The van der Waals surface area contributed by atoms with Crippen LogP contribution in [0.3, 0.4) is 0 Å². The van der Waals surface area contributed by atoms with E-state index in [0.29, 0.717) is 12.0 Å². The molecule has 0 aliphatic rings. The summed E-state index contributed by atoms with van der Waals surface area (Å²) in [7, 11) is 0. The third-order valence-corrected chi connectivity index (χ3v) is 2.65. The Balaban J connectivity index is 2.79. The number of nitriles is 1. The van der Waals surface area contributed by atoms with Crippen molar-refractivity contribution in [2.24, 2.45) is 0 Å². The fourth-order valence-electron chi connectivity index (χ4n) is 1.78. The summed E-state index contributed by atoms with van der Waals surface area (Å²) in [5.74, 6) is -0.0982. The molecule has 3 heteroatoms. The first kappa shape index (κ1) is 13.2. The van der Waals surface area contributed by atoms with Crippen LogP contribution < -0.4 is 5.32 Å². The van der Waals surface area contributed by atoms with E-state index < -0.39 is 0 Å². The van der Waals surface area contributed by atoms with Crippen LogP contribution in [-0.4, -0.2) is 11.9 Å². The number of nitrogens with one attached hydrogen (secondary N) is 1. The van der Waals surface area contributed by atoms with Gasteiger partial charge in [0, 0.05) is 11.6 Å². The maximum Gasteiger partial charge on any atom is 0.251 e. The normalized spacial score (nSPS) is 11.6. The molecular weight excluding hydrogens is 212 g/mol. The van der Waals surface area contributed by atoms with Crippen molar-refractivity contribution in [1.82, 2.24) is 5.32 Å². The first-order valence-electron chi connectivity index (χ1n) is 5.83. The zero-order valence-corrected chi connectivity index (χ0v) is 10.6. The second-order valence-corrected chi connectivity index (χ2v) is 4.32. The van der Waals surface area contributed by atoms with Crippen LogP contribution in [0.5, 0.6) is 0 Å². The molecule has 0 saturated carbocycles. The molecule has 1 unspecified atom stereocenters. The van der Waals surface area contributed by atoms with Gasteiger partial charge >= 0.3 is 0 Å². The zero-order valence-electron chi connectivity index (χ0n) is 10.6. The van der Waals surface area contributed by atoms with Crippen molar-refractivity contribution >= 4 is 5.91 Å². The van der Waals surface area contributed by atoms with Crippen LogP contribution in [0.25, 0.3) is 0 Å². The number of aryl methyl sites for hydroxylation is 2. The molecule has 17 heavy (non-hydrogen) atoms. The minimum atomic E-state index is -0.0982. The van der Waals surface area contributed by atoms with Gasteiger partial charge in [0.1, 0.15) is 0 Å².